The monoisotopic (exact) mass is 272 g/mol. The first kappa shape index (κ1) is 13.5. The predicted octanol–water partition coefficient (Wildman–Crippen LogP) is 4.03. The lowest BCUT2D eigenvalue weighted by atomic mass is 9.99. The molecule has 108 valence electrons. The van der Waals surface area contributed by atoms with Crippen molar-refractivity contribution in [2.45, 2.75) is 51.5 Å². The van der Waals surface area contributed by atoms with Gasteiger partial charge in [-0.05, 0) is 62.8 Å². The van der Waals surface area contributed by atoms with E-state index in [4.69, 9.17) is 0 Å². The molecule has 3 rings (SSSR count). The Kier molecular flexibility index (Phi) is 3.95. The van der Waals surface area contributed by atoms with E-state index in [0.29, 0.717) is 6.04 Å². The average Bonchev–Trinajstić information content (AvgIpc) is 3.16. The molecule has 1 aromatic carbocycles. The van der Waals surface area contributed by atoms with Crippen LogP contribution in [0.5, 0.6) is 0 Å². The second-order valence-electron chi connectivity index (χ2n) is 6.32. The zero-order chi connectivity index (χ0) is 13.9. The minimum absolute atomic E-state index is 0.171. The van der Waals surface area contributed by atoms with E-state index in [0.717, 1.165) is 30.1 Å². The van der Waals surface area contributed by atoms with Crippen molar-refractivity contribution >= 4 is 17.3 Å². The van der Waals surface area contributed by atoms with Crippen LogP contribution in [0.1, 0.15) is 45.4 Å². The fourth-order valence-electron chi connectivity index (χ4n) is 3.08. The van der Waals surface area contributed by atoms with E-state index < -0.39 is 0 Å². The summed E-state index contributed by atoms with van der Waals surface area (Å²) in [7, 11) is 0. The predicted molar refractivity (Wildman–Crippen MR) is 82.8 cm³/mol. The maximum absolute atomic E-state index is 11.7. The minimum Gasteiger partial charge on any atom is -0.382 e. The Morgan fingerprint density at radius 1 is 1.05 bits per heavy atom. The molecule has 1 aromatic rings. The standard InChI is InChI=1S/C17H24N2O/c1-12(13-4-2-3-5-13)18-15-8-10-16(11-9-15)19-17(20)14-6-7-14/h8-14,18H,2-7H2,1H3,(H,19,20). The van der Waals surface area contributed by atoms with Gasteiger partial charge in [-0.2, -0.15) is 0 Å². The van der Waals surface area contributed by atoms with E-state index in [2.05, 4.69) is 29.7 Å². The van der Waals surface area contributed by atoms with Crippen molar-refractivity contribution in [3.63, 3.8) is 0 Å². The van der Waals surface area contributed by atoms with Gasteiger partial charge in [-0.1, -0.05) is 12.8 Å². The van der Waals surface area contributed by atoms with Crippen molar-refractivity contribution < 1.29 is 4.79 Å². The topological polar surface area (TPSA) is 41.1 Å². The maximum Gasteiger partial charge on any atom is 0.227 e. The summed E-state index contributed by atoms with van der Waals surface area (Å²) >= 11 is 0. The van der Waals surface area contributed by atoms with Gasteiger partial charge in [0.15, 0.2) is 0 Å². The van der Waals surface area contributed by atoms with Crippen LogP contribution in [-0.2, 0) is 4.79 Å². The number of carbonyl (C=O) groups excluding carboxylic acids is 1. The molecule has 1 unspecified atom stereocenters. The van der Waals surface area contributed by atoms with Crippen molar-refractivity contribution in [2.24, 2.45) is 11.8 Å². The Hall–Kier alpha value is -1.51. The molecule has 2 aliphatic rings. The van der Waals surface area contributed by atoms with Gasteiger partial charge >= 0.3 is 0 Å². The highest BCUT2D eigenvalue weighted by atomic mass is 16.2. The summed E-state index contributed by atoms with van der Waals surface area (Å²) in [5, 5.41) is 6.56. The summed E-state index contributed by atoms with van der Waals surface area (Å²) in [5.74, 6) is 1.24. The molecule has 20 heavy (non-hydrogen) atoms. The third-order valence-electron chi connectivity index (χ3n) is 4.60. The Balaban J connectivity index is 1.53. The smallest absolute Gasteiger partial charge is 0.227 e. The van der Waals surface area contributed by atoms with Gasteiger partial charge in [0, 0.05) is 23.3 Å². The average molecular weight is 272 g/mol. The summed E-state index contributed by atoms with van der Waals surface area (Å²) in [6.07, 6.45) is 7.55. The van der Waals surface area contributed by atoms with Crippen molar-refractivity contribution in [3.05, 3.63) is 24.3 Å². The normalized spacial score (nSPS) is 20.6. The maximum atomic E-state index is 11.7. The van der Waals surface area contributed by atoms with Gasteiger partial charge in [0.1, 0.15) is 0 Å². The van der Waals surface area contributed by atoms with E-state index >= 15 is 0 Å². The SMILES string of the molecule is CC(Nc1ccc(NC(=O)C2CC2)cc1)C1CCCC1. The van der Waals surface area contributed by atoms with Gasteiger partial charge in [-0.25, -0.2) is 0 Å². The number of nitrogens with one attached hydrogen (secondary N) is 2. The molecule has 0 heterocycles. The Labute approximate surface area is 121 Å². The Bertz CT molecular complexity index is 458. The van der Waals surface area contributed by atoms with Gasteiger partial charge in [0.05, 0.1) is 0 Å². The zero-order valence-electron chi connectivity index (χ0n) is 12.2. The van der Waals surface area contributed by atoms with Crippen LogP contribution in [0.15, 0.2) is 24.3 Å². The Morgan fingerprint density at radius 2 is 1.65 bits per heavy atom. The molecular weight excluding hydrogens is 248 g/mol. The number of hydrogen-bond donors (Lipinski definition) is 2. The highest BCUT2D eigenvalue weighted by molar-refractivity contribution is 5.94. The second-order valence-corrected chi connectivity index (χ2v) is 6.32. The molecule has 0 bridgehead atoms. The van der Waals surface area contributed by atoms with E-state index in [9.17, 15) is 4.79 Å². The van der Waals surface area contributed by atoms with Crippen LogP contribution in [0.4, 0.5) is 11.4 Å². The summed E-state index contributed by atoms with van der Waals surface area (Å²) in [5.41, 5.74) is 2.05. The molecule has 0 aliphatic heterocycles. The zero-order valence-corrected chi connectivity index (χ0v) is 12.2. The molecule has 0 radical (unpaired) electrons. The van der Waals surface area contributed by atoms with E-state index in [1.54, 1.807) is 0 Å². The van der Waals surface area contributed by atoms with Crippen LogP contribution >= 0.6 is 0 Å². The van der Waals surface area contributed by atoms with Gasteiger partial charge in [-0.15, -0.1) is 0 Å². The minimum atomic E-state index is 0.171. The molecule has 2 saturated carbocycles. The van der Waals surface area contributed by atoms with Crippen molar-refractivity contribution in [3.8, 4) is 0 Å². The van der Waals surface area contributed by atoms with Crippen LogP contribution in [0.2, 0.25) is 0 Å². The first-order valence-electron chi connectivity index (χ1n) is 7.90. The summed E-state index contributed by atoms with van der Waals surface area (Å²) < 4.78 is 0. The van der Waals surface area contributed by atoms with Crippen LogP contribution in [0.25, 0.3) is 0 Å². The van der Waals surface area contributed by atoms with E-state index in [-0.39, 0.29) is 11.8 Å². The number of amides is 1. The fraction of sp³-hybridized carbons (Fsp3) is 0.588. The van der Waals surface area contributed by atoms with Crippen molar-refractivity contribution in [1.82, 2.24) is 0 Å². The molecule has 2 fully saturated rings. The summed E-state index contributed by atoms with van der Waals surface area (Å²) in [6.45, 7) is 2.28. The second kappa shape index (κ2) is 5.86. The lowest BCUT2D eigenvalue weighted by molar-refractivity contribution is -0.117. The highest BCUT2D eigenvalue weighted by Gasteiger charge is 2.29. The molecule has 3 nitrogen and oxygen atoms in total. The van der Waals surface area contributed by atoms with Crippen LogP contribution < -0.4 is 10.6 Å². The van der Waals surface area contributed by atoms with Gasteiger partial charge in [0.25, 0.3) is 0 Å². The molecule has 2 N–H and O–H groups in total. The lowest BCUT2D eigenvalue weighted by Crippen LogP contribution is -2.23. The van der Waals surface area contributed by atoms with E-state index in [1.807, 2.05) is 12.1 Å². The number of hydrogen-bond acceptors (Lipinski definition) is 2. The van der Waals surface area contributed by atoms with Gasteiger partial charge in [-0.3, -0.25) is 4.79 Å². The van der Waals surface area contributed by atoms with Crippen LogP contribution in [-0.4, -0.2) is 11.9 Å². The molecule has 2 aliphatic carbocycles. The summed E-state index contributed by atoms with van der Waals surface area (Å²) in [6, 6.07) is 8.64. The first-order valence-corrected chi connectivity index (χ1v) is 7.90. The molecule has 0 aromatic heterocycles. The number of benzene rings is 1. The van der Waals surface area contributed by atoms with E-state index in [1.165, 1.54) is 25.7 Å². The number of anilines is 2. The molecular formula is C17H24N2O. The molecule has 0 saturated heterocycles. The first-order chi connectivity index (χ1) is 9.72. The fourth-order valence-corrected chi connectivity index (χ4v) is 3.08. The third kappa shape index (κ3) is 3.33. The van der Waals surface area contributed by atoms with Crippen LogP contribution in [0.3, 0.4) is 0 Å². The quantitative estimate of drug-likeness (QED) is 0.849. The van der Waals surface area contributed by atoms with Crippen LogP contribution in [0, 0.1) is 11.8 Å². The van der Waals surface area contributed by atoms with Crippen molar-refractivity contribution in [2.75, 3.05) is 10.6 Å². The molecule has 3 heteroatoms. The lowest BCUT2D eigenvalue weighted by Gasteiger charge is -2.21. The summed E-state index contributed by atoms with van der Waals surface area (Å²) in [4.78, 5) is 11.7. The molecule has 1 atom stereocenters. The number of rotatable bonds is 5. The van der Waals surface area contributed by atoms with Gasteiger partial charge in [0.2, 0.25) is 5.91 Å². The van der Waals surface area contributed by atoms with Gasteiger partial charge < -0.3 is 10.6 Å². The third-order valence-corrected chi connectivity index (χ3v) is 4.60. The molecule has 1 amide bonds. The molecule has 0 spiro atoms. The number of carbonyl (C=O) groups is 1. The highest BCUT2D eigenvalue weighted by Crippen LogP contribution is 2.31. The largest absolute Gasteiger partial charge is 0.382 e. The Morgan fingerprint density at radius 3 is 2.25 bits per heavy atom. The van der Waals surface area contributed by atoms with Crippen molar-refractivity contribution in [1.29, 1.82) is 0 Å².